The SMILES string of the molecule is CCc1ccccc1NC(=O)CN(C)C(=O)c1cc(C)c(C)c(S(=O)(=O)NC)c1. The van der Waals surface area contributed by atoms with Crippen LogP contribution in [0.4, 0.5) is 5.69 Å². The molecule has 2 aromatic rings. The lowest BCUT2D eigenvalue weighted by Crippen LogP contribution is -2.35. The summed E-state index contributed by atoms with van der Waals surface area (Å²) in [6.07, 6.45) is 0.774. The summed E-state index contributed by atoms with van der Waals surface area (Å²) in [4.78, 5) is 26.5. The second-order valence-electron chi connectivity index (χ2n) is 6.84. The minimum absolute atomic E-state index is 0.0538. The zero-order valence-electron chi connectivity index (χ0n) is 17.4. The molecular weight excluding hydrogens is 390 g/mol. The van der Waals surface area contributed by atoms with Crippen molar-refractivity contribution in [3.05, 3.63) is 58.7 Å². The number of sulfonamides is 1. The van der Waals surface area contributed by atoms with E-state index in [1.165, 1.54) is 25.1 Å². The average Bonchev–Trinajstić information content (AvgIpc) is 2.69. The van der Waals surface area contributed by atoms with Gasteiger partial charge in [-0.15, -0.1) is 0 Å². The Labute approximate surface area is 172 Å². The largest absolute Gasteiger partial charge is 0.332 e. The van der Waals surface area contributed by atoms with Crippen molar-refractivity contribution in [1.29, 1.82) is 0 Å². The van der Waals surface area contributed by atoms with Crippen molar-refractivity contribution in [2.45, 2.75) is 32.1 Å². The maximum absolute atomic E-state index is 12.8. The molecule has 0 aliphatic heterocycles. The van der Waals surface area contributed by atoms with E-state index in [2.05, 4.69) is 10.0 Å². The number of para-hydroxylation sites is 1. The summed E-state index contributed by atoms with van der Waals surface area (Å²) in [6.45, 7) is 5.28. The number of hydrogen-bond donors (Lipinski definition) is 2. The molecule has 156 valence electrons. The third kappa shape index (κ3) is 5.21. The zero-order valence-corrected chi connectivity index (χ0v) is 18.2. The highest BCUT2D eigenvalue weighted by atomic mass is 32.2. The Morgan fingerprint density at radius 1 is 1.10 bits per heavy atom. The summed E-state index contributed by atoms with van der Waals surface area (Å²) < 4.78 is 26.8. The minimum Gasteiger partial charge on any atom is -0.332 e. The first kappa shape index (κ1) is 22.6. The first-order chi connectivity index (χ1) is 13.6. The molecule has 0 aliphatic carbocycles. The van der Waals surface area contributed by atoms with E-state index in [0.717, 1.165) is 17.7 Å². The molecule has 0 aliphatic rings. The highest BCUT2D eigenvalue weighted by molar-refractivity contribution is 7.89. The third-order valence-electron chi connectivity index (χ3n) is 4.82. The number of nitrogens with one attached hydrogen (secondary N) is 2. The highest BCUT2D eigenvalue weighted by Gasteiger charge is 2.22. The van der Waals surface area contributed by atoms with Gasteiger partial charge in [0.2, 0.25) is 15.9 Å². The maximum atomic E-state index is 12.8. The predicted octanol–water partition coefficient (Wildman–Crippen LogP) is 2.48. The fourth-order valence-corrected chi connectivity index (χ4v) is 4.05. The molecule has 0 radical (unpaired) electrons. The maximum Gasteiger partial charge on any atom is 0.254 e. The van der Waals surface area contributed by atoms with Crippen molar-refractivity contribution in [3.8, 4) is 0 Å². The number of nitrogens with zero attached hydrogens (tertiary/aromatic N) is 1. The fourth-order valence-electron chi connectivity index (χ4n) is 2.99. The van der Waals surface area contributed by atoms with Crippen LogP contribution in [-0.2, 0) is 21.2 Å². The zero-order chi connectivity index (χ0) is 21.8. The van der Waals surface area contributed by atoms with Crippen molar-refractivity contribution < 1.29 is 18.0 Å². The quantitative estimate of drug-likeness (QED) is 0.723. The Kier molecular flexibility index (Phi) is 7.16. The highest BCUT2D eigenvalue weighted by Crippen LogP contribution is 2.22. The van der Waals surface area contributed by atoms with Crippen LogP contribution in [0.5, 0.6) is 0 Å². The number of amides is 2. The van der Waals surface area contributed by atoms with E-state index in [1.807, 2.05) is 31.2 Å². The Morgan fingerprint density at radius 2 is 1.76 bits per heavy atom. The molecule has 0 saturated carbocycles. The number of carbonyl (C=O) groups excluding carboxylic acids is 2. The molecule has 0 saturated heterocycles. The van der Waals surface area contributed by atoms with Crippen molar-refractivity contribution in [2.75, 3.05) is 26.0 Å². The van der Waals surface area contributed by atoms with Gasteiger partial charge in [-0.1, -0.05) is 25.1 Å². The van der Waals surface area contributed by atoms with Crippen molar-refractivity contribution in [1.82, 2.24) is 9.62 Å². The van der Waals surface area contributed by atoms with E-state index in [9.17, 15) is 18.0 Å². The molecule has 0 bridgehead atoms. The Morgan fingerprint density at radius 3 is 2.38 bits per heavy atom. The molecular formula is C21H27N3O4S. The molecule has 0 heterocycles. The van der Waals surface area contributed by atoms with Crippen LogP contribution in [0.1, 0.15) is 34.0 Å². The molecule has 0 aromatic heterocycles. The van der Waals surface area contributed by atoms with Gasteiger partial charge < -0.3 is 10.2 Å². The van der Waals surface area contributed by atoms with Crippen LogP contribution in [0.2, 0.25) is 0 Å². The van der Waals surface area contributed by atoms with Gasteiger partial charge in [0.1, 0.15) is 0 Å². The van der Waals surface area contributed by atoms with Crippen LogP contribution in [0, 0.1) is 13.8 Å². The lowest BCUT2D eigenvalue weighted by Gasteiger charge is -2.19. The van der Waals surface area contributed by atoms with Crippen LogP contribution in [0.25, 0.3) is 0 Å². The lowest BCUT2D eigenvalue weighted by atomic mass is 10.1. The van der Waals surface area contributed by atoms with Gasteiger partial charge in [-0.05, 0) is 62.2 Å². The number of hydrogen-bond acceptors (Lipinski definition) is 4. The van der Waals surface area contributed by atoms with Gasteiger partial charge in [0, 0.05) is 18.3 Å². The molecule has 0 atom stereocenters. The third-order valence-corrected chi connectivity index (χ3v) is 6.37. The second kappa shape index (κ2) is 9.19. The van der Waals surface area contributed by atoms with E-state index in [-0.39, 0.29) is 22.9 Å². The Balaban J connectivity index is 2.21. The Bertz CT molecular complexity index is 1030. The van der Waals surface area contributed by atoms with E-state index in [0.29, 0.717) is 11.1 Å². The van der Waals surface area contributed by atoms with Crippen molar-refractivity contribution >= 4 is 27.5 Å². The molecule has 0 spiro atoms. The molecule has 0 fully saturated rings. The molecule has 2 N–H and O–H groups in total. The van der Waals surface area contributed by atoms with E-state index in [4.69, 9.17) is 0 Å². The second-order valence-corrected chi connectivity index (χ2v) is 8.70. The van der Waals surface area contributed by atoms with Gasteiger partial charge in [-0.25, -0.2) is 13.1 Å². The molecule has 2 rings (SSSR count). The smallest absolute Gasteiger partial charge is 0.254 e. The first-order valence-electron chi connectivity index (χ1n) is 9.28. The van der Waals surface area contributed by atoms with E-state index in [1.54, 1.807) is 19.9 Å². The fraction of sp³-hybridized carbons (Fsp3) is 0.333. The van der Waals surface area contributed by atoms with Gasteiger partial charge in [0.15, 0.2) is 0 Å². The number of likely N-dealkylation sites (N-methyl/N-ethyl adjacent to an activating group) is 1. The number of rotatable bonds is 7. The van der Waals surface area contributed by atoms with Crippen LogP contribution in [0.15, 0.2) is 41.3 Å². The first-order valence-corrected chi connectivity index (χ1v) is 10.8. The molecule has 29 heavy (non-hydrogen) atoms. The normalized spacial score (nSPS) is 11.2. The van der Waals surface area contributed by atoms with Crippen LogP contribution >= 0.6 is 0 Å². The lowest BCUT2D eigenvalue weighted by molar-refractivity contribution is -0.116. The number of aryl methyl sites for hydroxylation is 2. The monoisotopic (exact) mass is 417 g/mol. The van der Waals surface area contributed by atoms with E-state index >= 15 is 0 Å². The van der Waals surface area contributed by atoms with Gasteiger partial charge in [-0.3, -0.25) is 9.59 Å². The van der Waals surface area contributed by atoms with Gasteiger partial charge in [0.25, 0.3) is 5.91 Å². The summed E-state index contributed by atoms with van der Waals surface area (Å²) in [5.74, 6) is -0.756. The molecule has 2 amide bonds. The van der Waals surface area contributed by atoms with Crippen LogP contribution < -0.4 is 10.0 Å². The summed E-state index contributed by atoms with van der Waals surface area (Å²) in [5, 5.41) is 2.83. The number of carbonyl (C=O) groups is 2. The van der Waals surface area contributed by atoms with E-state index < -0.39 is 15.9 Å². The molecule has 8 heteroatoms. The predicted molar refractivity (Wildman–Crippen MR) is 114 cm³/mol. The van der Waals surface area contributed by atoms with Gasteiger partial charge >= 0.3 is 0 Å². The molecule has 2 aromatic carbocycles. The topological polar surface area (TPSA) is 95.6 Å². The average molecular weight is 418 g/mol. The van der Waals surface area contributed by atoms with Crippen molar-refractivity contribution in [2.24, 2.45) is 0 Å². The molecule has 7 nitrogen and oxygen atoms in total. The number of anilines is 1. The summed E-state index contributed by atoms with van der Waals surface area (Å²) in [5.41, 5.74) is 3.19. The van der Waals surface area contributed by atoms with Crippen molar-refractivity contribution in [3.63, 3.8) is 0 Å². The molecule has 0 unspecified atom stereocenters. The Hall–Kier alpha value is -2.71. The standard InChI is InChI=1S/C21H27N3O4S/c1-6-16-9-7-8-10-18(16)23-20(25)13-24(5)21(26)17-11-14(2)15(3)19(12-17)29(27,28)22-4/h7-12,22H,6,13H2,1-5H3,(H,23,25). The minimum atomic E-state index is -3.70. The summed E-state index contributed by atoms with van der Waals surface area (Å²) in [7, 11) is -0.873. The summed E-state index contributed by atoms with van der Waals surface area (Å²) in [6, 6.07) is 10.5. The van der Waals surface area contributed by atoms with Gasteiger partial charge in [0.05, 0.1) is 11.4 Å². The number of benzene rings is 2. The van der Waals surface area contributed by atoms with Gasteiger partial charge in [-0.2, -0.15) is 0 Å². The van der Waals surface area contributed by atoms with Crippen LogP contribution in [-0.4, -0.2) is 45.8 Å². The summed E-state index contributed by atoms with van der Waals surface area (Å²) >= 11 is 0. The van der Waals surface area contributed by atoms with Crippen LogP contribution in [0.3, 0.4) is 0 Å².